The van der Waals surface area contributed by atoms with Crippen molar-refractivity contribution < 1.29 is 14.3 Å². The van der Waals surface area contributed by atoms with E-state index in [1.807, 2.05) is 0 Å². The zero-order valence-electron chi connectivity index (χ0n) is 11.7. The number of carbonyl (C=O) groups is 2. The van der Waals surface area contributed by atoms with Gasteiger partial charge in [-0.1, -0.05) is 18.2 Å². The summed E-state index contributed by atoms with van der Waals surface area (Å²) in [5, 5.41) is 4.48. The zero-order chi connectivity index (χ0) is 15.4. The van der Waals surface area contributed by atoms with Gasteiger partial charge in [0.1, 0.15) is 16.4 Å². The summed E-state index contributed by atoms with van der Waals surface area (Å²) in [4.78, 5) is 24.3. The summed E-state index contributed by atoms with van der Waals surface area (Å²) in [5.41, 5.74) is 6.49. The number of ether oxygens (including phenoxy) is 1. The SMILES string of the molecule is CCOC(=O)c1c(SC)nn(C(=O)c2ccccc2)c1N. The lowest BCUT2D eigenvalue weighted by atomic mass is 10.2. The third kappa shape index (κ3) is 2.92. The molecule has 0 spiro atoms. The van der Waals surface area contributed by atoms with Gasteiger partial charge in [-0.05, 0) is 25.3 Å². The van der Waals surface area contributed by atoms with E-state index >= 15 is 0 Å². The molecule has 2 rings (SSSR count). The van der Waals surface area contributed by atoms with Crippen LogP contribution in [0.25, 0.3) is 0 Å². The van der Waals surface area contributed by atoms with E-state index in [1.165, 1.54) is 11.8 Å². The second-order valence-electron chi connectivity index (χ2n) is 4.07. The summed E-state index contributed by atoms with van der Waals surface area (Å²) in [6.07, 6.45) is 1.75. The first-order valence-electron chi connectivity index (χ1n) is 6.29. The van der Waals surface area contributed by atoms with Gasteiger partial charge in [-0.25, -0.2) is 4.79 Å². The van der Waals surface area contributed by atoms with Gasteiger partial charge in [0.15, 0.2) is 0 Å². The first-order chi connectivity index (χ1) is 10.1. The molecular formula is C14H15N3O3S. The predicted octanol–water partition coefficient (Wildman–Crippen LogP) is 2.05. The van der Waals surface area contributed by atoms with Crippen molar-refractivity contribution in [2.24, 2.45) is 0 Å². The number of nitrogens with zero attached hydrogens (tertiary/aromatic N) is 2. The fraction of sp³-hybridized carbons (Fsp3) is 0.214. The molecule has 7 heteroatoms. The van der Waals surface area contributed by atoms with Crippen LogP contribution in [0.3, 0.4) is 0 Å². The molecule has 1 heterocycles. The number of nitrogen functional groups attached to an aromatic ring is 1. The highest BCUT2D eigenvalue weighted by molar-refractivity contribution is 7.98. The Kier molecular flexibility index (Phi) is 4.64. The molecule has 1 aromatic carbocycles. The number of anilines is 1. The van der Waals surface area contributed by atoms with E-state index in [4.69, 9.17) is 10.5 Å². The molecule has 21 heavy (non-hydrogen) atoms. The number of nitrogens with two attached hydrogens (primary N) is 1. The fourth-order valence-electron chi connectivity index (χ4n) is 1.81. The second-order valence-corrected chi connectivity index (χ2v) is 4.87. The lowest BCUT2D eigenvalue weighted by molar-refractivity contribution is 0.0523. The van der Waals surface area contributed by atoms with Crippen molar-refractivity contribution >= 4 is 29.5 Å². The van der Waals surface area contributed by atoms with Crippen molar-refractivity contribution in [1.29, 1.82) is 0 Å². The molecule has 6 nitrogen and oxygen atoms in total. The number of carbonyl (C=O) groups excluding carboxylic acids is 2. The summed E-state index contributed by atoms with van der Waals surface area (Å²) in [6, 6.07) is 8.61. The van der Waals surface area contributed by atoms with Crippen LogP contribution < -0.4 is 5.73 Å². The molecule has 0 aliphatic heterocycles. The predicted molar refractivity (Wildman–Crippen MR) is 80.5 cm³/mol. The van der Waals surface area contributed by atoms with E-state index in [-0.39, 0.29) is 23.9 Å². The van der Waals surface area contributed by atoms with Gasteiger partial charge in [0, 0.05) is 5.56 Å². The van der Waals surface area contributed by atoms with Crippen LogP contribution in [0, 0.1) is 0 Å². The first-order valence-corrected chi connectivity index (χ1v) is 7.52. The van der Waals surface area contributed by atoms with Crippen molar-refractivity contribution in [3.63, 3.8) is 0 Å². The van der Waals surface area contributed by atoms with Gasteiger partial charge in [-0.2, -0.15) is 9.78 Å². The Morgan fingerprint density at radius 1 is 1.33 bits per heavy atom. The van der Waals surface area contributed by atoms with Gasteiger partial charge in [0.05, 0.1) is 6.61 Å². The molecular weight excluding hydrogens is 290 g/mol. The molecule has 0 aliphatic carbocycles. The van der Waals surface area contributed by atoms with E-state index < -0.39 is 5.97 Å². The molecule has 0 aliphatic rings. The lowest BCUT2D eigenvalue weighted by Crippen LogP contribution is -2.17. The van der Waals surface area contributed by atoms with Crippen LogP contribution in [0.1, 0.15) is 27.6 Å². The van der Waals surface area contributed by atoms with Crippen LogP contribution in [0.5, 0.6) is 0 Å². The highest BCUT2D eigenvalue weighted by atomic mass is 32.2. The van der Waals surface area contributed by atoms with Crippen molar-refractivity contribution in [1.82, 2.24) is 9.78 Å². The number of hydrogen-bond donors (Lipinski definition) is 1. The van der Waals surface area contributed by atoms with Crippen molar-refractivity contribution in [3.8, 4) is 0 Å². The Balaban J connectivity index is 2.47. The van der Waals surface area contributed by atoms with E-state index in [0.717, 1.165) is 4.68 Å². The minimum atomic E-state index is -0.577. The van der Waals surface area contributed by atoms with Crippen molar-refractivity contribution in [2.45, 2.75) is 11.9 Å². The maximum absolute atomic E-state index is 12.4. The zero-order valence-corrected chi connectivity index (χ0v) is 12.5. The molecule has 0 fully saturated rings. The molecule has 0 bridgehead atoms. The monoisotopic (exact) mass is 305 g/mol. The average Bonchev–Trinajstić information content (AvgIpc) is 2.84. The molecule has 2 aromatic rings. The van der Waals surface area contributed by atoms with Crippen LogP contribution in [-0.4, -0.2) is 34.5 Å². The van der Waals surface area contributed by atoms with Gasteiger partial charge in [0.2, 0.25) is 0 Å². The fourth-order valence-corrected chi connectivity index (χ4v) is 2.36. The van der Waals surface area contributed by atoms with Gasteiger partial charge in [-0.15, -0.1) is 11.8 Å². The molecule has 0 amide bonds. The van der Waals surface area contributed by atoms with Crippen LogP contribution >= 0.6 is 11.8 Å². The van der Waals surface area contributed by atoms with Crippen molar-refractivity contribution in [2.75, 3.05) is 18.6 Å². The normalized spacial score (nSPS) is 10.4. The number of thioether (sulfide) groups is 1. The van der Waals surface area contributed by atoms with Crippen LogP contribution in [0.15, 0.2) is 35.4 Å². The first kappa shape index (κ1) is 15.1. The van der Waals surface area contributed by atoms with Crippen LogP contribution in [0.2, 0.25) is 0 Å². The standard InChI is InChI=1S/C14H15N3O3S/c1-3-20-14(19)10-11(15)17(16-12(10)21-2)13(18)9-7-5-4-6-8-9/h4-8H,3,15H2,1-2H3. The van der Waals surface area contributed by atoms with Gasteiger partial charge >= 0.3 is 5.97 Å². The average molecular weight is 305 g/mol. The Labute approximate surface area is 126 Å². The molecule has 1 aromatic heterocycles. The van der Waals surface area contributed by atoms with E-state index in [2.05, 4.69) is 5.10 Å². The Hall–Kier alpha value is -2.28. The maximum atomic E-state index is 12.4. The molecule has 2 N–H and O–H groups in total. The largest absolute Gasteiger partial charge is 0.462 e. The minimum Gasteiger partial charge on any atom is -0.462 e. The Bertz CT molecular complexity index is 668. The summed E-state index contributed by atoms with van der Waals surface area (Å²) < 4.78 is 5.99. The summed E-state index contributed by atoms with van der Waals surface area (Å²) in [6.45, 7) is 1.93. The number of rotatable bonds is 4. The Morgan fingerprint density at radius 2 is 2.00 bits per heavy atom. The van der Waals surface area contributed by atoms with Crippen LogP contribution in [-0.2, 0) is 4.74 Å². The smallest absolute Gasteiger partial charge is 0.344 e. The minimum absolute atomic E-state index is 0.00773. The third-order valence-corrected chi connectivity index (χ3v) is 3.45. The van der Waals surface area contributed by atoms with Gasteiger partial charge < -0.3 is 10.5 Å². The Morgan fingerprint density at radius 3 is 2.57 bits per heavy atom. The van der Waals surface area contributed by atoms with Gasteiger partial charge in [-0.3, -0.25) is 4.79 Å². The van der Waals surface area contributed by atoms with Crippen molar-refractivity contribution in [3.05, 3.63) is 41.5 Å². The van der Waals surface area contributed by atoms with Crippen LogP contribution in [0.4, 0.5) is 5.82 Å². The molecule has 0 atom stereocenters. The molecule has 0 radical (unpaired) electrons. The summed E-state index contributed by atoms with van der Waals surface area (Å²) in [5.74, 6) is -0.975. The number of esters is 1. The van der Waals surface area contributed by atoms with Gasteiger partial charge in [0.25, 0.3) is 5.91 Å². The molecule has 110 valence electrons. The number of aromatic nitrogens is 2. The highest BCUT2D eigenvalue weighted by Gasteiger charge is 2.26. The highest BCUT2D eigenvalue weighted by Crippen LogP contribution is 2.26. The number of hydrogen-bond acceptors (Lipinski definition) is 6. The maximum Gasteiger partial charge on any atom is 0.344 e. The summed E-state index contributed by atoms with van der Waals surface area (Å²) in [7, 11) is 0. The van der Waals surface area contributed by atoms with E-state index in [0.29, 0.717) is 10.6 Å². The topological polar surface area (TPSA) is 87.2 Å². The third-order valence-electron chi connectivity index (χ3n) is 2.78. The molecule has 0 unspecified atom stereocenters. The summed E-state index contributed by atoms with van der Waals surface area (Å²) >= 11 is 1.23. The quantitative estimate of drug-likeness (QED) is 0.687. The molecule has 0 saturated heterocycles. The number of benzene rings is 1. The van der Waals surface area contributed by atoms with E-state index in [1.54, 1.807) is 43.5 Å². The second kappa shape index (κ2) is 6.45. The lowest BCUT2D eigenvalue weighted by Gasteiger charge is -2.04. The molecule has 0 saturated carbocycles. The van der Waals surface area contributed by atoms with E-state index in [9.17, 15) is 9.59 Å².